The van der Waals surface area contributed by atoms with Gasteiger partial charge in [0.25, 0.3) is 5.22 Å². The summed E-state index contributed by atoms with van der Waals surface area (Å²) in [6.07, 6.45) is 0.544. The van der Waals surface area contributed by atoms with Crippen LogP contribution in [0.5, 0.6) is 5.75 Å². The number of hydrogen-bond donors (Lipinski definition) is 0. The Morgan fingerprint density at radius 2 is 2.04 bits per heavy atom. The highest BCUT2D eigenvalue weighted by Crippen LogP contribution is 2.19. The second-order valence-electron chi connectivity index (χ2n) is 5.64. The van der Waals surface area contributed by atoms with Crippen LogP contribution in [0.2, 0.25) is 0 Å². The molecule has 25 heavy (non-hydrogen) atoms. The number of rotatable bonds is 9. The number of ether oxygens (including phenoxy) is 1. The van der Waals surface area contributed by atoms with Crippen LogP contribution in [0.15, 0.2) is 46.1 Å². The van der Waals surface area contributed by atoms with E-state index in [1.807, 2.05) is 38.1 Å². The number of methoxy groups -OCH3 is 1. The topological polar surface area (TPSA) is 68.5 Å². The van der Waals surface area contributed by atoms with E-state index in [1.54, 1.807) is 12.0 Å². The van der Waals surface area contributed by atoms with E-state index in [2.05, 4.69) is 16.8 Å². The van der Waals surface area contributed by atoms with E-state index in [0.717, 1.165) is 16.9 Å². The molecule has 0 saturated carbocycles. The molecule has 134 valence electrons. The molecule has 1 heterocycles. The monoisotopic (exact) mass is 361 g/mol. The molecule has 0 unspecified atom stereocenters. The maximum Gasteiger partial charge on any atom is 0.277 e. The highest BCUT2D eigenvalue weighted by molar-refractivity contribution is 7.99. The van der Waals surface area contributed by atoms with Gasteiger partial charge < -0.3 is 14.1 Å². The molecule has 1 amide bonds. The Balaban J connectivity index is 1.88. The first-order valence-electron chi connectivity index (χ1n) is 8.02. The Morgan fingerprint density at radius 3 is 2.64 bits per heavy atom. The Labute approximate surface area is 152 Å². The van der Waals surface area contributed by atoms with E-state index in [-0.39, 0.29) is 11.7 Å². The first kappa shape index (κ1) is 19.1. The Bertz CT molecular complexity index is 713. The Morgan fingerprint density at radius 1 is 1.32 bits per heavy atom. The molecule has 0 spiro atoms. The molecule has 0 radical (unpaired) electrons. The molecule has 0 bridgehead atoms. The fourth-order valence-electron chi connectivity index (χ4n) is 2.20. The minimum atomic E-state index is 0.0328. The van der Waals surface area contributed by atoms with Crippen LogP contribution in [0.25, 0.3) is 0 Å². The average Bonchev–Trinajstić information content (AvgIpc) is 3.05. The summed E-state index contributed by atoms with van der Waals surface area (Å²) in [5.74, 6) is 1.63. The molecular weight excluding hydrogens is 338 g/mol. The van der Waals surface area contributed by atoms with Gasteiger partial charge in [0.2, 0.25) is 11.8 Å². The summed E-state index contributed by atoms with van der Waals surface area (Å²) in [4.78, 5) is 14.0. The lowest BCUT2D eigenvalue weighted by molar-refractivity contribution is -0.127. The van der Waals surface area contributed by atoms with E-state index in [1.165, 1.54) is 11.8 Å². The molecule has 1 aromatic carbocycles. The quantitative estimate of drug-likeness (QED) is 0.505. The van der Waals surface area contributed by atoms with Crippen molar-refractivity contribution in [1.82, 2.24) is 15.1 Å². The third-order valence-corrected chi connectivity index (χ3v) is 4.28. The zero-order chi connectivity index (χ0) is 18.2. The summed E-state index contributed by atoms with van der Waals surface area (Å²) in [5, 5.41) is 8.44. The number of benzene rings is 1. The second-order valence-corrected chi connectivity index (χ2v) is 6.57. The van der Waals surface area contributed by atoms with Gasteiger partial charge >= 0.3 is 0 Å². The van der Waals surface area contributed by atoms with Crippen LogP contribution in [0.1, 0.15) is 25.3 Å². The molecule has 2 rings (SSSR count). The van der Waals surface area contributed by atoms with Crippen LogP contribution in [-0.4, -0.2) is 47.0 Å². The van der Waals surface area contributed by atoms with Gasteiger partial charge in [0, 0.05) is 13.1 Å². The number of thioether (sulfide) groups is 1. The number of carbonyl (C=O) groups excluding carboxylic acids is 1. The third kappa shape index (κ3) is 5.94. The predicted octanol–water partition coefficient (Wildman–Crippen LogP) is 3.19. The smallest absolute Gasteiger partial charge is 0.277 e. The van der Waals surface area contributed by atoms with Crippen LogP contribution in [0.3, 0.4) is 0 Å². The van der Waals surface area contributed by atoms with Gasteiger partial charge in [-0.1, -0.05) is 36.0 Å². The van der Waals surface area contributed by atoms with Gasteiger partial charge in [-0.25, -0.2) is 0 Å². The number of hydrogen-bond acceptors (Lipinski definition) is 6. The predicted molar refractivity (Wildman–Crippen MR) is 97.9 cm³/mol. The lowest BCUT2D eigenvalue weighted by Gasteiger charge is -2.20. The molecule has 0 N–H and O–H groups in total. The summed E-state index contributed by atoms with van der Waals surface area (Å²) in [7, 11) is 1.63. The summed E-state index contributed by atoms with van der Waals surface area (Å²) < 4.78 is 10.7. The van der Waals surface area contributed by atoms with Crippen molar-refractivity contribution in [2.75, 3.05) is 26.0 Å². The van der Waals surface area contributed by atoms with E-state index >= 15 is 0 Å². The molecule has 6 nitrogen and oxygen atoms in total. The highest BCUT2D eigenvalue weighted by Gasteiger charge is 2.15. The SMILES string of the molecule is C=C(C)CN(CC)C(=O)CSc1nnc(Cc2ccc(OC)cc2)o1. The van der Waals surface area contributed by atoms with E-state index < -0.39 is 0 Å². The van der Waals surface area contributed by atoms with Crippen molar-refractivity contribution in [1.29, 1.82) is 0 Å². The Hall–Kier alpha value is -2.28. The zero-order valence-electron chi connectivity index (χ0n) is 14.8. The highest BCUT2D eigenvalue weighted by atomic mass is 32.2. The van der Waals surface area contributed by atoms with Crippen molar-refractivity contribution in [2.45, 2.75) is 25.5 Å². The van der Waals surface area contributed by atoms with Crippen LogP contribution in [0, 0.1) is 0 Å². The second kappa shape index (κ2) is 9.27. The molecule has 0 fully saturated rings. The normalized spacial score (nSPS) is 10.5. The number of nitrogens with zero attached hydrogens (tertiary/aromatic N) is 3. The largest absolute Gasteiger partial charge is 0.497 e. The first-order chi connectivity index (χ1) is 12.0. The minimum Gasteiger partial charge on any atom is -0.497 e. The number of aromatic nitrogens is 2. The average molecular weight is 361 g/mol. The molecule has 0 saturated heterocycles. The fraction of sp³-hybridized carbons (Fsp3) is 0.389. The summed E-state index contributed by atoms with van der Waals surface area (Å²) in [5.41, 5.74) is 2.01. The minimum absolute atomic E-state index is 0.0328. The van der Waals surface area contributed by atoms with Gasteiger partial charge in [0.1, 0.15) is 5.75 Å². The van der Waals surface area contributed by atoms with E-state index in [9.17, 15) is 4.79 Å². The van der Waals surface area contributed by atoms with Gasteiger partial charge in [-0.2, -0.15) is 0 Å². The molecule has 7 heteroatoms. The third-order valence-electron chi connectivity index (χ3n) is 3.48. The summed E-state index contributed by atoms with van der Waals surface area (Å²) in [6.45, 7) is 8.93. The number of likely N-dealkylation sites (N-methyl/N-ethyl adjacent to an activating group) is 1. The lowest BCUT2D eigenvalue weighted by Crippen LogP contribution is -2.33. The van der Waals surface area contributed by atoms with Crippen molar-refractivity contribution in [3.8, 4) is 5.75 Å². The molecule has 1 aromatic heterocycles. The van der Waals surface area contributed by atoms with Crippen molar-refractivity contribution in [3.63, 3.8) is 0 Å². The van der Waals surface area contributed by atoms with Gasteiger partial charge in [-0.3, -0.25) is 4.79 Å². The molecule has 0 aliphatic rings. The van der Waals surface area contributed by atoms with E-state index in [4.69, 9.17) is 9.15 Å². The Kier molecular flexibility index (Phi) is 7.06. The van der Waals surface area contributed by atoms with Crippen LogP contribution in [0.4, 0.5) is 0 Å². The standard InChI is InChI=1S/C18H23N3O3S/c1-5-21(11-13(2)3)17(22)12-25-18-20-19-16(24-18)10-14-6-8-15(23-4)9-7-14/h6-9H,2,5,10-12H2,1,3-4H3. The van der Waals surface area contributed by atoms with Gasteiger partial charge in [-0.15, -0.1) is 10.2 Å². The summed E-state index contributed by atoms with van der Waals surface area (Å²) in [6, 6.07) is 7.69. The molecule has 0 aliphatic carbocycles. The van der Waals surface area contributed by atoms with Crippen molar-refractivity contribution < 1.29 is 13.9 Å². The zero-order valence-corrected chi connectivity index (χ0v) is 15.6. The maximum atomic E-state index is 12.2. The number of carbonyl (C=O) groups is 1. The van der Waals surface area contributed by atoms with Crippen LogP contribution >= 0.6 is 11.8 Å². The van der Waals surface area contributed by atoms with Gasteiger partial charge in [0.05, 0.1) is 19.3 Å². The number of amides is 1. The van der Waals surface area contributed by atoms with Crippen molar-refractivity contribution in [3.05, 3.63) is 47.9 Å². The van der Waals surface area contributed by atoms with Crippen LogP contribution in [-0.2, 0) is 11.2 Å². The van der Waals surface area contributed by atoms with Gasteiger partial charge in [-0.05, 0) is 31.5 Å². The molecular formula is C18H23N3O3S. The van der Waals surface area contributed by atoms with E-state index in [0.29, 0.717) is 30.6 Å². The maximum absolute atomic E-state index is 12.2. The van der Waals surface area contributed by atoms with Crippen molar-refractivity contribution >= 4 is 17.7 Å². The van der Waals surface area contributed by atoms with Gasteiger partial charge in [0.15, 0.2) is 0 Å². The lowest BCUT2D eigenvalue weighted by atomic mass is 10.1. The van der Waals surface area contributed by atoms with Crippen LogP contribution < -0.4 is 4.74 Å². The fourth-order valence-corrected chi connectivity index (χ4v) is 2.89. The molecule has 0 atom stereocenters. The first-order valence-corrected chi connectivity index (χ1v) is 9.00. The molecule has 2 aromatic rings. The molecule has 0 aliphatic heterocycles. The summed E-state index contributed by atoms with van der Waals surface area (Å²) >= 11 is 1.26. The van der Waals surface area contributed by atoms with Crippen molar-refractivity contribution in [2.24, 2.45) is 0 Å².